The number of benzene rings is 2. The fourth-order valence-corrected chi connectivity index (χ4v) is 4.33. The molecular formula is C26H33NO4. The minimum atomic E-state index is -0.554. The summed E-state index contributed by atoms with van der Waals surface area (Å²) in [6.45, 7) is 7.89. The first-order chi connectivity index (χ1) is 14.9. The molecule has 0 radical (unpaired) electrons. The van der Waals surface area contributed by atoms with Gasteiger partial charge in [0.15, 0.2) is 0 Å². The van der Waals surface area contributed by atoms with Gasteiger partial charge >= 0.3 is 5.97 Å². The fourth-order valence-electron chi connectivity index (χ4n) is 4.33. The number of nitrogens with one attached hydrogen (secondary N) is 1. The Morgan fingerprint density at radius 3 is 2.45 bits per heavy atom. The molecule has 166 valence electrons. The zero-order valence-electron chi connectivity index (χ0n) is 19.0. The van der Waals surface area contributed by atoms with Crippen molar-refractivity contribution in [1.29, 1.82) is 0 Å². The number of hydrogen-bond donors (Lipinski definition) is 1. The molecule has 1 amide bonds. The van der Waals surface area contributed by atoms with Crippen LogP contribution in [-0.4, -0.2) is 24.6 Å². The van der Waals surface area contributed by atoms with E-state index in [1.54, 1.807) is 25.1 Å². The zero-order valence-corrected chi connectivity index (χ0v) is 19.0. The van der Waals surface area contributed by atoms with Gasteiger partial charge in [0.1, 0.15) is 11.3 Å². The number of amides is 1. The zero-order chi connectivity index (χ0) is 22.4. The second-order valence-electron chi connectivity index (χ2n) is 8.56. The monoisotopic (exact) mass is 423 g/mol. The molecule has 0 heterocycles. The molecule has 0 aromatic heterocycles. The van der Waals surface area contributed by atoms with E-state index in [1.807, 2.05) is 19.9 Å². The highest BCUT2D eigenvalue weighted by Crippen LogP contribution is 2.41. The average molecular weight is 424 g/mol. The summed E-state index contributed by atoms with van der Waals surface area (Å²) in [7, 11) is 0. The molecule has 3 rings (SSSR count). The highest BCUT2D eigenvalue weighted by atomic mass is 16.5. The summed E-state index contributed by atoms with van der Waals surface area (Å²) < 4.78 is 11.0. The Bertz CT molecular complexity index is 929. The molecule has 1 aliphatic carbocycles. The molecule has 2 aromatic rings. The molecule has 0 atom stereocenters. The smallest absolute Gasteiger partial charge is 0.341 e. The number of aryl methyl sites for hydroxylation is 1. The molecule has 0 unspecified atom stereocenters. The number of anilines is 1. The molecule has 5 heteroatoms. The predicted molar refractivity (Wildman–Crippen MR) is 123 cm³/mol. The summed E-state index contributed by atoms with van der Waals surface area (Å²) in [5.41, 5.74) is 2.55. The van der Waals surface area contributed by atoms with Crippen molar-refractivity contribution in [3.63, 3.8) is 0 Å². The number of hydrogen-bond acceptors (Lipinski definition) is 4. The Hall–Kier alpha value is -2.82. The molecule has 0 aliphatic heterocycles. The van der Waals surface area contributed by atoms with E-state index >= 15 is 0 Å². The standard InChI is InChI=1S/C26H33NO4/c1-5-30-24(28)22-17-21(12-13-23(22)31-18(2)3)27-25(29)26(14-7-6-8-15-26)20-11-9-10-19(4)16-20/h9-13,16-18H,5-8,14-15H2,1-4H3,(H,27,29). The molecule has 5 nitrogen and oxygen atoms in total. The van der Waals surface area contributed by atoms with E-state index in [2.05, 4.69) is 30.4 Å². The van der Waals surface area contributed by atoms with Crippen LogP contribution in [0.2, 0.25) is 0 Å². The summed E-state index contributed by atoms with van der Waals surface area (Å²) in [5.74, 6) is -0.0250. The van der Waals surface area contributed by atoms with Gasteiger partial charge in [-0.1, -0.05) is 49.1 Å². The topological polar surface area (TPSA) is 64.6 Å². The second kappa shape index (κ2) is 9.99. The molecule has 2 aromatic carbocycles. The van der Waals surface area contributed by atoms with Crippen LogP contribution < -0.4 is 10.1 Å². The van der Waals surface area contributed by atoms with Crippen LogP contribution in [0.4, 0.5) is 5.69 Å². The number of ether oxygens (including phenoxy) is 2. The first-order valence-corrected chi connectivity index (χ1v) is 11.2. The van der Waals surface area contributed by atoms with Crippen molar-refractivity contribution in [2.24, 2.45) is 0 Å². The summed E-state index contributed by atoms with van der Waals surface area (Å²) in [5, 5.41) is 3.09. The molecule has 1 saturated carbocycles. The molecular weight excluding hydrogens is 390 g/mol. The Morgan fingerprint density at radius 2 is 1.81 bits per heavy atom. The maximum atomic E-state index is 13.6. The van der Waals surface area contributed by atoms with Crippen LogP contribution in [0.5, 0.6) is 5.75 Å². The minimum Gasteiger partial charge on any atom is -0.490 e. The number of esters is 1. The lowest BCUT2D eigenvalue weighted by atomic mass is 9.68. The van der Waals surface area contributed by atoms with Gasteiger partial charge in [0.05, 0.1) is 18.1 Å². The molecule has 0 bridgehead atoms. The van der Waals surface area contributed by atoms with E-state index in [9.17, 15) is 9.59 Å². The van der Waals surface area contributed by atoms with E-state index in [0.717, 1.165) is 43.2 Å². The van der Waals surface area contributed by atoms with Gasteiger partial charge in [-0.15, -0.1) is 0 Å². The highest BCUT2D eigenvalue weighted by molar-refractivity contribution is 6.01. The van der Waals surface area contributed by atoms with Gasteiger partial charge in [0.2, 0.25) is 5.91 Å². The van der Waals surface area contributed by atoms with Gasteiger partial charge in [-0.2, -0.15) is 0 Å². The number of rotatable bonds is 7. The Kier molecular flexibility index (Phi) is 7.37. The highest BCUT2D eigenvalue weighted by Gasteiger charge is 2.41. The fraction of sp³-hybridized carbons (Fsp3) is 0.462. The van der Waals surface area contributed by atoms with Crippen LogP contribution in [0.25, 0.3) is 0 Å². The average Bonchev–Trinajstić information content (AvgIpc) is 2.75. The Balaban J connectivity index is 1.93. The maximum Gasteiger partial charge on any atom is 0.341 e. The third-order valence-electron chi connectivity index (χ3n) is 5.81. The second-order valence-corrected chi connectivity index (χ2v) is 8.56. The van der Waals surface area contributed by atoms with Gasteiger partial charge < -0.3 is 14.8 Å². The van der Waals surface area contributed by atoms with E-state index in [4.69, 9.17) is 9.47 Å². The number of carbonyl (C=O) groups excluding carboxylic acids is 2. The lowest BCUT2D eigenvalue weighted by molar-refractivity contribution is -0.122. The normalized spacial score (nSPS) is 15.4. The quantitative estimate of drug-likeness (QED) is 0.572. The molecule has 31 heavy (non-hydrogen) atoms. The summed E-state index contributed by atoms with van der Waals surface area (Å²) in [4.78, 5) is 26.1. The van der Waals surface area contributed by atoms with Crippen LogP contribution in [0.15, 0.2) is 42.5 Å². The predicted octanol–water partition coefficient (Wildman–Crippen LogP) is 5.80. The van der Waals surface area contributed by atoms with E-state index < -0.39 is 11.4 Å². The van der Waals surface area contributed by atoms with Crippen molar-refractivity contribution in [3.8, 4) is 5.75 Å². The molecule has 1 N–H and O–H groups in total. The Labute approximate surface area is 185 Å². The van der Waals surface area contributed by atoms with Crippen molar-refractivity contribution < 1.29 is 19.1 Å². The van der Waals surface area contributed by atoms with Crippen LogP contribution >= 0.6 is 0 Å². The Morgan fingerprint density at radius 1 is 1.06 bits per heavy atom. The van der Waals surface area contributed by atoms with Crippen molar-refractivity contribution in [2.75, 3.05) is 11.9 Å². The lowest BCUT2D eigenvalue weighted by Gasteiger charge is -2.36. The molecule has 1 aliphatic rings. The molecule has 1 fully saturated rings. The number of carbonyl (C=O) groups is 2. The van der Waals surface area contributed by atoms with Gasteiger partial charge in [-0.05, 0) is 64.3 Å². The van der Waals surface area contributed by atoms with E-state index in [-0.39, 0.29) is 18.6 Å². The maximum absolute atomic E-state index is 13.6. The summed E-state index contributed by atoms with van der Waals surface area (Å²) >= 11 is 0. The van der Waals surface area contributed by atoms with Crippen LogP contribution in [0.3, 0.4) is 0 Å². The largest absolute Gasteiger partial charge is 0.490 e. The van der Waals surface area contributed by atoms with Crippen LogP contribution in [0, 0.1) is 6.92 Å². The van der Waals surface area contributed by atoms with E-state index in [1.165, 1.54) is 0 Å². The third-order valence-corrected chi connectivity index (χ3v) is 5.81. The van der Waals surface area contributed by atoms with Gasteiger partial charge in [0.25, 0.3) is 0 Å². The van der Waals surface area contributed by atoms with Crippen LogP contribution in [-0.2, 0) is 14.9 Å². The SMILES string of the molecule is CCOC(=O)c1cc(NC(=O)C2(c3cccc(C)c3)CCCCC2)ccc1OC(C)C. The van der Waals surface area contributed by atoms with Gasteiger partial charge in [0, 0.05) is 5.69 Å². The minimum absolute atomic E-state index is 0.0230. The molecule has 0 spiro atoms. The lowest BCUT2D eigenvalue weighted by Crippen LogP contribution is -2.42. The van der Waals surface area contributed by atoms with E-state index in [0.29, 0.717) is 17.0 Å². The third kappa shape index (κ3) is 5.27. The van der Waals surface area contributed by atoms with Crippen molar-refractivity contribution >= 4 is 17.6 Å². The van der Waals surface area contributed by atoms with Gasteiger partial charge in [-0.25, -0.2) is 4.79 Å². The van der Waals surface area contributed by atoms with Crippen molar-refractivity contribution in [3.05, 3.63) is 59.2 Å². The molecule has 0 saturated heterocycles. The first kappa shape index (κ1) is 22.9. The first-order valence-electron chi connectivity index (χ1n) is 11.2. The van der Waals surface area contributed by atoms with Gasteiger partial charge in [-0.3, -0.25) is 4.79 Å². The van der Waals surface area contributed by atoms with Crippen molar-refractivity contribution in [1.82, 2.24) is 0 Å². The van der Waals surface area contributed by atoms with Crippen LogP contribution in [0.1, 0.15) is 74.4 Å². The van der Waals surface area contributed by atoms with Crippen molar-refractivity contribution in [2.45, 2.75) is 71.3 Å². The summed E-state index contributed by atoms with van der Waals surface area (Å²) in [6, 6.07) is 13.4. The summed E-state index contributed by atoms with van der Waals surface area (Å²) in [6.07, 6.45) is 4.76.